The van der Waals surface area contributed by atoms with Gasteiger partial charge >= 0.3 is 0 Å². The number of piperidine rings is 1. The maximum absolute atomic E-state index is 9.78. The zero-order valence-corrected chi connectivity index (χ0v) is 11.1. The predicted octanol–water partition coefficient (Wildman–Crippen LogP) is 1.92. The molecule has 0 aliphatic carbocycles. The van der Waals surface area contributed by atoms with Crippen molar-refractivity contribution in [2.24, 2.45) is 0 Å². The van der Waals surface area contributed by atoms with Crippen LogP contribution in [0.4, 0.5) is 11.5 Å². The number of rotatable bonds is 1. The molecule has 2 aliphatic rings. The van der Waals surface area contributed by atoms with E-state index in [-0.39, 0.29) is 6.10 Å². The molecule has 0 aromatic carbocycles. The number of nitrogens with zero attached hydrogens (tertiary/aromatic N) is 2. The van der Waals surface area contributed by atoms with E-state index >= 15 is 0 Å². The second-order valence-corrected chi connectivity index (χ2v) is 5.90. The molecule has 3 N–H and O–H groups in total. The summed E-state index contributed by atoms with van der Waals surface area (Å²) >= 11 is 3.37. The number of aliphatic hydroxyl groups is 1. The fourth-order valence-electron chi connectivity index (χ4n) is 3.16. The molecule has 3 heterocycles. The summed E-state index contributed by atoms with van der Waals surface area (Å²) in [5.41, 5.74) is 6.76. The fraction of sp³-hybridized carbons (Fsp3) is 0.583. The van der Waals surface area contributed by atoms with E-state index in [4.69, 9.17) is 5.73 Å². The minimum absolute atomic E-state index is 0.152. The van der Waals surface area contributed by atoms with E-state index in [1.165, 1.54) is 0 Å². The quantitative estimate of drug-likeness (QED) is 0.831. The van der Waals surface area contributed by atoms with E-state index in [1.807, 2.05) is 6.07 Å². The maximum Gasteiger partial charge on any atom is 0.152 e. The Morgan fingerprint density at radius 2 is 2.00 bits per heavy atom. The molecule has 17 heavy (non-hydrogen) atoms. The van der Waals surface area contributed by atoms with Gasteiger partial charge in [0.25, 0.3) is 0 Å². The first kappa shape index (κ1) is 11.3. The number of nitrogen functional groups attached to an aromatic ring is 1. The number of hydrogen-bond acceptors (Lipinski definition) is 4. The van der Waals surface area contributed by atoms with Gasteiger partial charge in [0.05, 0.1) is 11.8 Å². The number of halogens is 1. The van der Waals surface area contributed by atoms with Crippen LogP contribution in [-0.4, -0.2) is 28.3 Å². The van der Waals surface area contributed by atoms with Gasteiger partial charge in [-0.3, -0.25) is 0 Å². The van der Waals surface area contributed by atoms with Crippen LogP contribution in [0.5, 0.6) is 0 Å². The summed E-state index contributed by atoms with van der Waals surface area (Å²) in [5, 5.41) is 9.78. The van der Waals surface area contributed by atoms with Crippen molar-refractivity contribution in [3.63, 3.8) is 0 Å². The summed E-state index contributed by atoms with van der Waals surface area (Å²) in [6, 6.07) is 2.70. The van der Waals surface area contributed by atoms with E-state index in [1.54, 1.807) is 6.20 Å². The van der Waals surface area contributed by atoms with Crippen LogP contribution in [0, 0.1) is 0 Å². The van der Waals surface area contributed by atoms with Crippen LogP contribution in [0.2, 0.25) is 0 Å². The first-order valence-electron chi connectivity index (χ1n) is 6.02. The Hall–Kier alpha value is -0.810. The molecule has 92 valence electrons. The predicted molar refractivity (Wildman–Crippen MR) is 70.9 cm³/mol. The number of fused-ring (bicyclic) bond motifs is 2. The Kier molecular flexibility index (Phi) is 2.75. The molecule has 0 saturated carbocycles. The summed E-state index contributed by atoms with van der Waals surface area (Å²) in [5.74, 6) is 0.882. The lowest BCUT2D eigenvalue weighted by Gasteiger charge is -2.38. The van der Waals surface area contributed by atoms with Gasteiger partial charge in [-0.1, -0.05) is 0 Å². The Balaban J connectivity index is 1.94. The van der Waals surface area contributed by atoms with Crippen molar-refractivity contribution < 1.29 is 5.11 Å². The van der Waals surface area contributed by atoms with Crippen molar-refractivity contribution in [2.45, 2.75) is 43.9 Å². The zero-order chi connectivity index (χ0) is 12.0. The van der Waals surface area contributed by atoms with Gasteiger partial charge in [-0.15, -0.1) is 0 Å². The van der Waals surface area contributed by atoms with Crippen LogP contribution in [-0.2, 0) is 0 Å². The van der Waals surface area contributed by atoms with Crippen LogP contribution in [0.1, 0.15) is 25.7 Å². The molecular weight excluding hydrogens is 282 g/mol. The van der Waals surface area contributed by atoms with E-state index in [0.717, 1.165) is 36.0 Å². The number of pyridine rings is 1. The first-order chi connectivity index (χ1) is 8.15. The number of anilines is 2. The standard InChI is InChI=1S/C12H16BrN3O/c13-7-3-11(14)12(15-6-7)16-8-1-2-9(16)5-10(17)4-8/h3,6,8-10,17H,1-2,4-5,14H2. The van der Waals surface area contributed by atoms with Gasteiger partial charge in [0.1, 0.15) is 0 Å². The minimum atomic E-state index is -0.152. The highest BCUT2D eigenvalue weighted by molar-refractivity contribution is 9.10. The minimum Gasteiger partial charge on any atom is -0.396 e. The molecule has 2 aliphatic heterocycles. The van der Waals surface area contributed by atoms with Crippen LogP contribution < -0.4 is 10.6 Å². The smallest absolute Gasteiger partial charge is 0.152 e. The van der Waals surface area contributed by atoms with Crippen molar-refractivity contribution in [1.29, 1.82) is 0 Å². The maximum atomic E-state index is 9.78. The van der Waals surface area contributed by atoms with Crippen LogP contribution in [0.3, 0.4) is 0 Å². The lowest BCUT2D eigenvalue weighted by Crippen LogP contribution is -2.45. The second kappa shape index (κ2) is 4.14. The molecule has 1 aromatic heterocycles. The Morgan fingerprint density at radius 3 is 2.59 bits per heavy atom. The van der Waals surface area contributed by atoms with E-state index in [9.17, 15) is 5.11 Å². The number of aliphatic hydroxyl groups excluding tert-OH is 1. The highest BCUT2D eigenvalue weighted by Gasteiger charge is 2.41. The molecule has 2 unspecified atom stereocenters. The third-order valence-corrected chi connectivity index (χ3v) is 4.25. The SMILES string of the molecule is Nc1cc(Br)cnc1N1C2CCC1CC(O)C2. The lowest BCUT2D eigenvalue weighted by atomic mass is 10.00. The van der Waals surface area contributed by atoms with Crippen LogP contribution in [0.25, 0.3) is 0 Å². The third kappa shape index (κ3) is 1.91. The molecule has 0 spiro atoms. The van der Waals surface area contributed by atoms with Gasteiger partial charge in [0.15, 0.2) is 5.82 Å². The van der Waals surface area contributed by atoms with E-state index in [0.29, 0.717) is 17.8 Å². The molecule has 4 nitrogen and oxygen atoms in total. The molecule has 5 heteroatoms. The van der Waals surface area contributed by atoms with Gasteiger partial charge in [-0.05, 0) is 47.7 Å². The van der Waals surface area contributed by atoms with Crippen LogP contribution >= 0.6 is 15.9 Å². The number of nitrogens with two attached hydrogens (primary N) is 1. The van der Waals surface area contributed by atoms with Gasteiger partial charge in [-0.25, -0.2) is 4.98 Å². The van der Waals surface area contributed by atoms with Gasteiger partial charge < -0.3 is 15.7 Å². The van der Waals surface area contributed by atoms with E-state index in [2.05, 4.69) is 25.8 Å². The summed E-state index contributed by atoms with van der Waals surface area (Å²) in [6.45, 7) is 0. The summed E-state index contributed by atoms with van der Waals surface area (Å²) < 4.78 is 0.906. The molecule has 2 atom stereocenters. The van der Waals surface area contributed by atoms with Crippen molar-refractivity contribution in [2.75, 3.05) is 10.6 Å². The molecule has 3 rings (SSSR count). The monoisotopic (exact) mass is 297 g/mol. The Labute approximate surface area is 109 Å². The van der Waals surface area contributed by atoms with Crippen molar-refractivity contribution in [1.82, 2.24) is 4.98 Å². The summed E-state index contributed by atoms with van der Waals surface area (Å²) in [4.78, 5) is 6.75. The zero-order valence-electron chi connectivity index (χ0n) is 9.51. The van der Waals surface area contributed by atoms with Crippen LogP contribution in [0.15, 0.2) is 16.7 Å². The van der Waals surface area contributed by atoms with Crippen molar-refractivity contribution >= 4 is 27.4 Å². The second-order valence-electron chi connectivity index (χ2n) is 4.98. The number of aromatic nitrogens is 1. The molecule has 0 radical (unpaired) electrons. The normalized spacial score (nSPS) is 31.9. The fourth-order valence-corrected chi connectivity index (χ4v) is 3.51. The van der Waals surface area contributed by atoms with E-state index < -0.39 is 0 Å². The molecule has 1 aromatic rings. The molecular formula is C12H16BrN3O. The number of hydrogen-bond donors (Lipinski definition) is 2. The van der Waals surface area contributed by atoms with Gasteiger partial charge in [0, 0.05) is 22.8 Å². The Bertz CT molecular complexity index is 426. The first-order valence-corrected chi connectivity index (χ1v) is 6.82. The summed E-state index contributed by atoms with van der Waals surface area (Å²) in [7, 11) is 0. The van der Waals surface area contributed by atoms with Gasteiger partial charge in [-0.2, -0.15) is 0 Å². The topological polar surface area (TPSA) is 62.4 Å². The molecule has 0 amide bonds. The third-order valence-electron chi connectivity index (χ3n) is 3.81. The highest BCUT2D eigenvalue weighted by Crippen LogP contribution is 2.40. The van der Waals surface area contributed by atoms with Crippen molar-refractivity contribution in [3.8, 4) is 0 Å². The average molecular weight is 298 g/mol. The largest absolute Gasteiger partial charge is 0.396 e. The summed E-state index contributed by atoms with van der Waals surface area (Å²) in [6.07, 6.45) is 5.59. The lowest BCUT2D eigenvalue weighted by molar-refractivity contribution is 0.126. The molecule has 2 saturated heterocycles. The Morgan fingerprint density at radius 1 is 1.35 bits per heavy atom. The molecule has 2 bridgehead atoms. The van der Waals surface area contributed by atoms with Crippen molar-refractivity contribution in [3.05, 3.63) is 16.7 Å². The van der Waals surface area contributed by atoms with Gasteiger partial charge in [0.2, 0.25) is 0 Å². The average Bonchev–Trinajstić information content (AvgIpc) is 2.53. The highest BCUT2D eigenvalue weighted by atomic mass is 79.9. The molecule has 2 fully saturated rings.